The number of rotatable bonds is 6. The van der Waals surface area contributed by atoms with Crippen LogP contribution in [0.5, 0.6) is 5.75 Å². The van der Waals surface area contributed by atoms with Crippen LogP contribution in [0.2, 0.25) is 0 Å². The first-order chi connectivity index (χ1) is 11.5. The maximum absolute atomic E-state index is 11.8. The minimum absolute atomic E-state index is 0.124. The Kier molecular flexibility index (Phi) is 5.85. The third-order valence-electron chi connectivity index (χ3n) is 3.02. The molecule has 0 saturated heterocycles. The molecule has 1 aromatic carbocycles. The van der Waals surface area contributed by atoms with E-state index in [9.17, 15) is 19.7 Å². The van der Waals surface area contributed by atoms with Crippen LogP contribution in [0.1, 0.15) is 22.2 Å². The van der Waals surface area contributed by atoms with Crippen molar-refractivity contribution >= 4 is 28.2 Å². The van der Waals surface area contributed by atoms with Crippen LogP contribution >= 0.6 is 11.3 Å². The molecule has 0 aliphatic rings. The molecule has 9 heteroatoms. The molecule has 8 nitrogen and oxygen atoms in total. The molecule has 0 bridgehead atoms. The zero-order valence-corrected chi connectivity index (χ0v) is 13.6. The second kappa shape index (κ2) is 8.06. The van der Waals surface area contributed by atoms with Crippen LogP contribution in [0, 0.1) is 10.1 Å². The summed E-state index contributed by atoms with van der Waals surface area (Å²) in [6.07, 6.45) is 0.770. The van der Waals surface area contributed by atoms with Crippen LogP contribution in [0.4, 0.5) is 5.00 Å². The summed E-state index contributed by atoms with van der Waals surface area (Å²) in [7, 11) is 0. The highest BCUT2D eigenvalue weighted by molar-refractivity contribution is 7.17. The van der Waals surface area contributed by atoms with Crippen molar-refractivity contribution < 1.29 is 19.2 Å². The van der Waals surface area contributed by atoms with Gasteiger partial charge in [0, 0.05) is 6.07 Å². The molecular weight excluding hydrogens is 334 g/mol. The van der Waals surface area contributed by atoms with Crippen molar-refractivity contribution in [2.24, 2.45) is 0 Å². The zero-order chi connectivity index (χ0) is 17.5. The number of carbonyl (C=O) groups is 2. The van der Waals surface area contributed by atoms with Gasteiger partial charge in [0.05, 0.1) is 4.92 Å². The van der Waals surface area contributed by atoms with Gasteiger partial charge in [-0.05, 0) is 24.1 Å². The molecule has 126 valence electrons. The van der Waals surface area contributed by atoms with Crippen LogP contribution < -0.4 is 15.6 Å². The molecular formula is C15H15N3O5S. The van der Waals surface area contributed by atoms with Crippen LogP contribution in [0.25, 0.3) is 0 Å². The molecule has 0 unspecified atom stereocenters. The first-order valence-corrected chi connectivity index (χ1v) is 7.87. The monoisotopic (exact) mass is 349 g/mol. The number of nitro groups is 1. The van der Waals surface area contributed by atoms with E-state index in [2.05, 4.69) is 10.9 Å². The van der Waals surface area contributed by atoms with Crippen LogP contribution in [-0.2, 0) is 11.2 Å². The first kappa shape index (κ1) is 17.4. The molecule has 2 N–H and O–H groups in total. The minimum atomic E-state index is -0.629. The lowest BCUT2D eigenvalue weighted by Gasteiger charge is -2.10. The molecule has 1 heterocycles. The number of thiophene rings is 1. The average Bonchev–Trinajstić information content (AvgIpc) is 3.08. The van der Waals surface area contributed by atoms with Gasteiger partial charge in [-0.15, -0.1) is 0 Å². The molecule has 0 atom stereocenters. The van der Waals surface area contributed by atoms with E-state index in [4.69, 9.17) is 4.74 Å². The molecule has 0 fully saturated rings. The third kappa shape index (κ3) is 4.53. The number of carbonyl (C=O) groups excluding carboxylic acids is 2. The summed E-state index contributed by atoms with van der Waals surface area (Å²) in [5.74, 6) is -0.564. The van der Waals surface area contributed by atoms with E-state index in [0.29, 0.717) is 5.75 Å². The van der Waals surface area contributed by atoms with Gasteiger partial charge in [-0.1, -0.05) is 36.5 Å². The van der Waals surface area contributed by atoms with Crippen molar-refractivity contribution in [3.8, 4) is 5.75 Å². The Morgan fingerprint density at radius 3 is 2.62 bits per heavy atom. The average molecular weight is 349 g/mol. The van der Waals surface area contributed by atoms with Crippen molar-refractivity contribution in [2.75, 3.05) is 6.61 Å². The SMILES string of the molecule is CCc1ccccc1OCC(=O)NNC(=O)c1ccc([N+](=O)[O-])s1. The first-order valence-electron chi connectivity index (χ1n) is 7.05. The largest absolute Gasteiger partial charge is 0.483 e. The molecule has 0 aliphatic carbocycles. The van der Waals surface area contributed by atoms with Gasteiger partial charge < -0.3 is 4.74 Å². The Labute approximate surface area is 141 Å². The van der Waals surface area contributed by atoms with E-state index in [0.717, 1.165) is 23.3 Å². The predicted octanol–water partition coefficient (Wildman–Crippen LogP) is 2.06. The Morgan fingerprint density at radius 2 is 1.96 bits per heavy atom. The van der Waals surface area contributed by atoms with E-state index in [1.165, 1.54) is 12.1 Å². The van der Waals surface area contributed by atoms with Crippen molar-refractivity contribution in [3.05, 3.63) is 57.0 Å². The van der Waals surface area contributed by atoms with Crippen LogP contribution in [-0.4, -0.2) is 23.3 Å². The third-order valence-corrected chi connectivity index (χ3v) is 4.06. The topological polar surface area (TPSA) is 111 Å². The molecule has 2 aromatic rings. The molecule has 2 rings (SSSR count). The molecule has 0 spiro atoms. The summed E-state index contributed by atoms with van der Waals surface area (Å²) in [6.45, 7) is 1.71. The predicted molar refractivity (Wildman–Crippen MR) is 87.9 cm³/mol. The Bertz CT molecular complexity index is 759. The number of nitrogens with one attached hydrogen (secondary N) is 2. The molecule has 2 amide bonds. The Balaban J connectivity index is 1.82. The number of nitrogens with zero attached hydrogens (tertiary/aromatic N) is 1. The maximum atomic E-state index is 11.8. The number of ether oxygens (including phenoxy) is 1. The Morgan fingerprint density at radius 1 is 1.21 bits per heavy atom. The number of hydrogen-bond donors (Lipinski definition) is 2. The second-order valence-electron chi connectivity index (χ2n) is 4.65. The van der Waals surface area contributed by atoms with Crippen molar-refractivity contribution in [3.63, 3.8) is 0 Å². The van der Waals surface area contributed by atoms with E-state index >= 15 is 0 Å². The maximum Gasteiger partial charge on any atom is 0.324 e. The lowest BCUT2D eigenvalue weighted by atomic mass is 10.1. The number of hydrazine groups is 1. The standard InChI is InChI=1S/C15H15N3O5S/c1-2-10-5-3-4-6-11(10)23-9-13(19)16-17-15(20)12-7-8-14(24-12)18(21)22/h3-8H,2,9H2,1H3,(H,16,19)(H,17,20). The highest BCUT2D eigenvalue weighted by atomic mass is 32.1. The molecule has 24 heavy (non-hydrogen) atoms. The fourth-order valence-electron chi connectivity index (χ4n) is 1.85. The van der Waals surface area contributed by atoms with E-state index in [-0.39, 0.29) is 16.5 Å². The van der Waals surface area contributed by atoms with Gasteiger partial charge in [-0.25, -0.2) is 0 Å². The highest BCUT2D eigenvalue weighted by Gasteiger charge is 2.15. The summed E-state index contributed by atoms with van der Waals surface area (Å²) < 4.78 is 5.41. The lowest BCUT2D eigenvalue weighted by Crippen LogP contribution is -2.43. The smallest absolute Gasteiger partial charge is 0.324 e. The van der Waals surface area contributed by atoms with Crippen LogP contribution in [0.3, 0.4) is 0 Å². The molecule has 0 saturated carbocycles. The number of para-hydroxylation sites is 1. The van der Waals surface area contributed by atoms with Gasteiger partial charge in [0.25, 0.3) is 11.8 Å². The molecule has 0 radical (unpaired) electrons. The van der Waals surface area contributed by atoms with E-state index in [1.54, 1.807) is 12.1 Å². The summed E-state index contributed by atoms with van der Waals surface area (Å²) in [5, 5.41) is 10.4. The lowest BCUT2D eigenvalue weighted by molar-refractivity contribution is -0.380. The fraction of sp³-hybridized carbons (Fsp3) is 0.200. The van der Waals surface area contributed by atoms with E-state index < -0.39 is 16.7 Å². The molecule has 1 aromatic heterocycles. The van der Waals surface area contributed by atoms with Crippen LogP contribution in [0.15, 0.2) is 36.4 Å². The summed E-state index contributed by atoms with van der Waals surface area (Å²) in [4.78, 5) is 33.6. The second-order valence-corrected chi connectivity index (χ2v) is 5.71. The molecule has 0 aliphatic heterocycles. The number of aryl methyl sites for hydroxylation is 1. The van der Waals surface area contributed by atoms with Gasteiger partial charge in [-0.3, -0.25) is 30.6 Å². The quantitative estimate of drug-likeness (QED) is 0.612. The van der Waals surface area contributed by atoms with Gasteiger partial charge in [0.15, 0.2) is 6.61 Å². The van der Waals surface area contributed by atoms with Crippen molar-refractivity contribution in [1.82, 2.24) is 10.9 Å². The number of hydrogen-bond acceptors (Lipinski definition) is 6. The van der Waals surface area contributed by atoms with Crippen molar-refractivity contribution in [2.45, 2.75) is 13.3 Å². The Hall–Kier alpha value is -2.94. The zero-order valence-electron chi connectivity index (χ0n) is 12.8. The van der Waals surface area contributed by atoms with Gasteiger partial charge in [-0.2, -0.15) is 0 Å². The summed E-state index contributed by atoms with van der Waals surface area (Å²) in [5.41, 5.74) is 5.36. The normalized spacial score (nSPS) is 10.0. The van der Waals surface area contributed by atoms with E-state index in [1.807, 2.05) is 19.1 Å². The summed E-state index contributed by atoms with van der Waals surface area (Å²) in [6, 6.07) is 9.89. The minimum Gasteiger partial charge on any atom is -0.483 e. The highest BCUT2D eigenvalue weighted by Crippen LogP contribution is 2.23. The number of amides is 2. The summed E-state index contributed by atoms with van der Waals surface area (Å²) >= 11 is 0.722. The van der Waals surface area contributed by atoms with Gasteiger partial charge in [0.1, 0.15) is 10.6 Å². The van der Waals surface area contributed by atoms with Gasteiger partial charge in [0.2, 0.25) is 0 Å². The number of benzene rings is 1. The fourth-order valence-corrected chi connectivity index (χ4v) is 2.57. The van der Waals surface area contributed by atoms with Crippen molar-refractivity contribution in [1.29, 1.82) is 0 Å². The van der Waals surface area contributed by atoms with Gasteiger partial charge >= 0.3 is 5.00 Å².